The van der Waals surface area contributed by atoms with Crippen LogP contribution >= 0.6 is 68.5 Å². The van der Waals surface area contributed by atoms with E-state index in [2.05, 4.69) is 216 Å². The van der Waals surface area contributed by atoms with E-state index in [4.69, 9.17) is 33.2 Å². The second-order valence-electron chi connectivity index (χ2n) is 33.3. The number of benzene rings is 8. The molecule has 1 N–H and O–H groups in total. The topological polar surface area (TPSA) is 129 Å². The van der Waals surface area contributed by atoms with Crippen molar-refractivity contribution in [1.82, 2.24) is 19.9 Å². The molecule has 124 heavy (non-hydrogen) atoms. The van der Waals surface area contributed by atoms with Gasteiger partial charge in [-0.25, -0.2) is 24.3 Å². The lowest BCUT2D eigenvalue weighted by molar-refractivity contribution is 0.100. The minimum Gasteiger partial charge on any atom is -0.380 e. The first kappa shape index (κ1) is 90.4. The third kappa shape index (κ3) is 24.4. The number of rotatable bonds is 17. The number of ketones is 2. The number of hydrogen-bond donors (Lipinski definition) is 1. The highest BCUT2D eigenvalue weighted by molar-refractivity contribution is 7.17. The fourth-order valence-corrected chi connectivity index (χ4v) is 20.9. The highest BCUT2D eigenvalue weighted by atomic mass is 35.5. The Balaban J connectivity index is 0.000000125. The molecule has 0 aliphatic carbocycles. The lowest BCUT2D eigenvalue weighted by Crippen LogP contribution is -2.30. The molecule has 19 rings (SSSR count). The number of aliphatic hydroxyl groups is 1. The molecule has 7 aliphatic heterocycles. The van der Waals surface area contributed by atoms with Crippen LogP contribution in [0.5, 0.6) is 0 Å². The molecule has 5 fully saturated rings. The number of halogens is 3. The van der Waals surface area contributed by atoms with Crippen molar-refractivity contribution in [2.45, 2.75) is 161 Å². The van der Waals surface area contributed by atoms with Crippen LogP contribution in [-0.4, -0.2) is 115 Å². The number of carbonyl (C=O) groups excluding carboxylic acids is 2. The van der Waals surface area contributed by atoms with E-state index in [0.717, 1.165) is 118 Å². The monoisotopic (exact) mass is 1770 g/mol. The molecule has 7 aliphatic rings. The molecule has 0 amide bonds. The number of carbonyl (C=O) groups is 2. The van der Waals surface area contributed by atoms with Crippen LogP contribution < -0.4 is 34.3 Å². The zero-order chi connectivity index (χ0) is 86.3. The number of nitrogens with zero attached hydrogens (tertiary/aromatic N) is 11. The smallest absolute Gasteiger partial charge is 0.186 e. The van der Waals surface area contributed by atoms with Gasteiger partial charge in [0.05, 0.1) is 14.6 Å². The van der Waals surface area contributed by atoms with E-state index < -0.39 is 5.60 Å². The van der Waals surface area contributed by atoms with Crippen molar-refractivity contribution in [3.05, 3.63) is 322 Å². The van der Waals surface area contributed by atoms with E-state index in [0.29, 0.717) is 20.4 Å². The first-order valence-electron chi connectivity index (χ1n) is 44.3. The average Bonchev–Trinajstić information content (AvgIpc) is 1.58. The molecule has 14 nitrogen and oxygen atoms in total. The fraction of sp³-hybridized carbons (Fsp3) is 0.359. The molecule has 12 aromatic rings. The third-order valence-electron chi connectivity index (χ3n) is 24.6. The zero-order valence-electron chi connectivity index (χ0n) is 72.1. The Morgan fingerprint density at radius 3 is 1.10 bits per heavy atom. The third-order valence-corrected chi connectivity index (χ3v) is 29.5. The number of hydrogen-bond acceptors (Lipinski definition) is 18. The van der Waals surface area contributed by atoms with Crippen molar-refractivity contribution in [2.75, 3.05) is 113 Å². The highest BCUT2D eigenvalue weighted by Crippen LogP contribution is 2.40. The first-order chi connectivity index (χ1) is 60.3. The molecular formula is C103H116Cl2FN11O3S4. The van der Waals surface area contributed by atoms with Crippen molar-refractivity contribution in [2.24, 2.45) is 0 Å². The standard InChI is InChI=1S/C25H29N3S.C25H27N3S.C16H19ClN2OS.C16H17ClN2S.C13H17NO.C8H7FO/c2*1-19(20-9-11-23(12-10-20)27-14-5-2-6-15-27)24-17-26-25(29-24)28-16-13-21-7-3-4-8-22(21)18-28;1-16(20,14-11-18-15(17)21-14)12-5-7-13(8-6-12)19-9-3-2-4-10-19;1-12(15-11-18-16(17)20-15)13-5-7-14(8-6-13)19-9-3-2-4-10-19;1-11(15)12-5-7-13(8-6-12)14-9-3-2-4-10-14;1-6(10)7-2-4-8(9)5-3-7/h3-4,7-12,17,19H,2,5-6,13-16,18H2,1H3;3-4,7-12,17H,1-2,5-6,13-16,18H2;5-8,11,20H,2-4,9-10H2,1H3;5-8,11H,1-4,9-10H2;5-8H,2-4,9-10H2,1H3;2-5H,1H3. The second kappa shape index (κ2) is 44.4. The van der Waals surface area contributed by atoms with Crippen LogP contribution in [0.25, 0.3) is 11.1 Å². The van der Waals surface area contributed by atoms with Gasteiger partial charge < -0.3 is 39.4 Å². The van der Waals surface area contributed by atoms with E-state index in [1.54, 1.807) is 37.6 Å². The Kier molecular flexibility index (Phi) is 32.3. The van der Waals surface area contributed by atoms with Gasteiger partial charge in [0.25, 0.3) is 0 Å². The molecule has 0 saturated carbocycles. The maximum absolute atomic E-state index is 12.2. The molecule has 11 heterocycles. The number of piperidine rings is 5. The van der Waals surface area contributed by atoms with Gasteiger partial charge in [-0.3, -0.25) is 9.59 Å². The first-order valence-corrected chi connectivity index (χ1v) is 48.3. The lowest BCUT2D eigenvalue weighted by Gasteiger charge is -2.29. The molecule has 2 atom stereocenters. The molecule has 2 unspecified atom stereocenters. The number of thiazole rings is 4. The largest absolute Gasteiger partial charge is 0.380 e. The zero-order valence-corrected chi connectivity index (χ0v) is 76.9. The Morgan fingerprint density at radius 1 is 0.387 bits per heavy atom. The van der Waals surface area contributed by atoms with Gasteiger partial charge in [-0.05, 0) is 283 Å². The second-order valence-corrected chi connectivity index (χ2v) is 38.6. The molecule has 0 radical (unpaired) electrons. The molecule has 0 spiro atoms. The van der Waals surface area contributed by atoms with Crippen LogP contribution in [0, 0.1) is 5.82 Å². The summed E-state index contributed by atoms with van der Waals surface area (Å²) in [7, 11) is 0. The number of aromatic nitrogens is 4. The predicted molar refractivity (Wildman–Crippen MR) is 522 cm³/mol. The van der Waals surface area contributed by atoms with Crippen molar-refractivity contribution in [3.63, 3.8) is 0 Å². The van der Waals surface area contributed by atoms with Crippen LogP contribution in [-0.2, 0) is 31.5 Å². The molecule has 21 heteroatoms. The van der Waals surface area contributed by atoms with Crippen LogP contribution in [0.1, 0.15) is 215 Å². The van der Waals surface area contributed by atoms with Gasteiger partial charge in [-0.1, -0.05) is 152 Å². The summed E-state index contributed by atoms with van der Waals surface area (Å²) in [5, 5.41) is 13.0. The Labute approximate surface area is 759 Å². The summed E-state index contributed by atoms with van der Waals surface area (Å²) < 4.78 is 13.3. The summed E-state index contributed by atoms with van der Waals surface area (Å²) in [6.45, 7) is 31.3. The van der Waals surface area contributed by atoms with Gasteiger partial charge in [0, 0.05) is 167 Å². The summed E-state index contributed by atoms with van der Waals surface area (Å²) >= 11 is 18.1. The molecule has 0 bridgehead atoms. The van der Waals surface area contributed by atoms with E-state index in [9.17, 15) is 19.1 Å². The number of fused-ring (bicyclic) bond motifs is 2. The molecule has 8 aromatic carbocycles. The van der Waals surface area contributed by atoms with E-state index >= 15 is 0 Å². The fourth-order valence-electron chi connectivity index (χ4n) is 17.0. The van der Waals surface area contributed by atoms with Crippen molar-refractivity contribution in [1.29, 1.82) is 0 Å². The van der Waals surface area contributed by atoms with Crippen LogP contribution in [0.4, 0.5) is 43.1 Å². The van der Waals surface area contributed by atoms with Crippen LogP contribution in [0.3, 0.4) is 0 Å². The molecule has 646 valence electrons. The van der Waals surface area contributed by atoms with Gasteiger partial charge in [0.1, 0.15) is 11.4 Å². The molecular weight excluding hydrogens is 1660 g/mol. The Bertz CT molecular complexity index is 5410. The Hall–Kier alpha value is -9.83. The highest BCUT2D eigenvalue weighted by Gasteiger charge is 2.30. The van der Waals surface area contributed by atoms with Crippen molar-refractivity contribution in [3.8, 4) is 0 Å². The summed E-state index contributed by atoms with van der Waals surface area (Å²) in [5.74, 6) is 0.166. The van der Waals surface area contributed by atoms with E-state index in [-0.39, 0.29) is 17.4 Å². The van der Waals surface area contributed by atoms with Gasteiger partial charge in [-0.15, -0.1) is 34.0 Å². The van der Waals surface area contributed by atoms with Gasteiger partial charge in [-0.2, -0.15) is 0 Å². The summed E-state index contributed by atoms with van der Waals surface area (Å²) in [6.07, 6.45) is 29.4. The normalized spacial score (nSPS) is 16.4. The molecule has 4 aromatic heterocycles. The van der Waals surface area contributed by atoms with Gasteiger partial charge in [0.15, 0.2) is 30.8 Å². The van der Waals surface area contributed by atoms with E-state index in [1.807, 2.05) is 41.8 Å². The Morgan fingerprint density at radius 2 is 0.718 bits per heavy atom. The van der Waals surface area contributed by atoms with Crippen molar-refractivity contribution >= 4 is 130 Å². The minimum absolute atomic E-state index is 0.0417. The minimum atomic E-state index is -1.05. The number of Topliss-reactive ketones (excluding diaryl/α,β-unsaturated/α-hetero) is 2. The van der Waals surface area contributed by atoms with Crippen molar-refractivity contribution < 1.29 is 19.1 Å². The summed E-state index contributed by atoms with van der Waals surface area (Å²) in [6, 6.07) is 66.0. The quantitative estimate of drug-likeness (QED) is 0.0868. The predicted octanol–water partition coefficient (Wildman–Crippen LogP) is 25.4. The van der Waals surface area contributed by atoms with Gasteiger partial charge >= 0.3 is 0 Å². The summed E-state index contributed by atoms with van der Waals surface area (Å²) in [4.78, 5) is 60.8. The molecule has 5 saturated heterocycles. The SMILES string of the molecule is C=C(c1ccc(N2CCCCC2)cc1)c1cnc(Cl)s1.C=C(c1ccc(N2CCCCC2)cc1)c1cnc(N2CCc3ccccc3C2)s1.CC(=O)c1ccc(F)cc1.CC(=O)c1ccc(N2CCCCC2)cc1.CC(O)(c1ccc(N2CCCCC2)cc1)c1cnc(Cl)s1.CC(c1ccc(N2CCCCC2)cc1)c1cnc(N2CCc3ccccc3C2)s1. The van der Waals surface area contributed by atoms with Crippen LogP contribution in [0.15, 0.2) is 232 Å². The summed E-state index contributed by atoms with van der Waals surface area (Å²) in [5.41, 5.74) is 19.2. The lowest BCUT2D eigenvalue weighted by atomic mass is 9.94. The van der Waals surface area contributed by atoms with E-state index in [1.165, 1.54) is 256 Å². The average molecular weight is 1770 g/mol. The van der Waals surface area contributed by atoms with Gasteiger partial charge in [0.2, 0.25) is 0 Å². The number of anilines is 7. The maximum atomic E-state index is 12.2. The van der Waals surface area contributed by atoms with Crippen LogP contribution in [0.2, 0.25) is 8.93 Å². The maximum Gasteiger partial charge on any atom is 0.186 e.